The van der Waals surface area contributed by atoms with E-state index in [0.717, 1.165) is 37.2 Å². The first-order valence-corrected chi connectivity index (χ1v) is 8.46. The zero-order valence-electron chi connectivity index (χ0n) is 13.2. The lowest BCUT2D eigenvalue weighted by molar-refractivity contribution is 0.141. The standard InChI is InChI=1S/C17H28N4/c1-18-14-15-6-5-7-17(19-15)21-12-8-16(9-13-21)20-10-3-2-4-11-20/h5-7,16,18H,2-4,8-14H2,1H3. The van der Waals surface area contributed by atoms with Crippen molar-refractivity contribution in [2.75, 3.05) is 38.1 Å². The molecular weight excluding hydrogens is 260 g/mol. The molecule has 1 aromatic rings. The maximum atomic E-state index is 4.77. The lowest BCUT2D eigenvalue weighted by Crippen LogP contribution is -2.47. The predicted molar refractivity (Wildman–Crippen MR) is 87.7 cm³/mol. The van der Waals surface area contributed by atoms with Crippen LogP contribution in [0.2, 0.25) is 0 Å². The Labute approximate surface area is 128 Å². The maximum absolute atomic E-state index is 4.77. The average molecular weight is 288 g/mol. The number of rotatable bonds is 4. The van der Waals surface area contributed by atoms with Gasteiger partial charge in [0.15, 0.2) is 0 Å². The van der Waals surface area contributed by atoms with Crippen LogP contribution in [0.1, 0.15) is 37.8 Å². The van der Waals surface area contributed by atoms with Crippen molar-refractivity contribution in [1.82, 2.24) is 15.2 Å². The van der Waals surface area contributed by atoms with Crippen LogP contribution in [0.25, 0.3) is 0 Å². The quantitative estimate of drug-likeness (QED) is 0.921. The first-order chi connectivity index (χ1) is 10.4. The molecule has 2 aliphatic rings. The Hall–Kier alpha value is -1.13. The highest BCUT2D eigenvalue weighted by Crippen LogP contribution is 2.23. The SMILES string of the molecule is CNCc1cccc(N2CCC(N3CCCCC3)CC2)n1. The van der Waals surface area contributed by atoms with Gasteiger partial charge >= 0.3 is 0 Å². The number of nitrogens with one attached hydrogen (secondary N) is 1. The molecule has 3 heterocycles. The van der Waals surface area contributed by atoms with Crippen molar-refractivity contribution in [3.63, 3.8) is 0 Å². The zero-order valence-corrected chi connectivity index (χ0v) is 13.2. The van der Waals surface area contributed by atoms with Crippen molar-refractivity contribution in [2.24, 2.45) is 0 Å². The molecule has 0 aliphatic carbocycles. The lowest BCUT2D eigenvalue weighted by Gasteiger charge is -2.40. The van der Waals surface area contributed by atoms with E-state index in [4.69, 9.17) is 4.98 Å². The van der Waals surface area contributed by atoms with Crippen LogP contribution in [0.5, 0.6) is 0 Å². The Balaban J connectivity index is 1.56. The molecule has 0 radical (unpaired) electrons. The highest BCUT2D eigenvalue weighted by molar-refractivity contribution is 5.39. The van der Waals surface area contributed by atoms with E-state index in [0.29, 0.717) is 0 Å². The molecule has 1 N–H and O–H groups in total. The zero-order chi connectivity index (χ0) is 14.5. The Morgan fingerprint density at radius 2 is 1.86 bits per heavy atom. The summed E-state index contributed by atoms with van der Waals surface area (Å²) in [7, 11) is 1.97. The van der Waals surface area contributed by atoms with Gasteiger partial charge < -0.3 is 15.1 Å². The number of aromatic nitrogens is 1. The molecule has 3 rings (SSSR count). The van der Waals surface area contributed by atoms with Crippen molar-refractivity contribution in [3.05, 3.63) is 23.9 Å². The van der Waals surface area contributed by atoms with E-state index in [1.54, 1.807) is 0 Å². The third-order valence-corrected chi connectivity index (χ3v) is 4.85. The van der Waals surface area contributed by atoms with Crippen LogP contribution in [0.4, 0.5) is 5.82 Å². The molecule has 1 aromatic heterocycles. The van der Waals surface area contributed by atoms with E-state index in [-0.39, 0.29) is 0 Å². The number of anilines is 1. The molecule has 0 atom stereocenters. The summed E-state index contributed by atoms with van der Waals surface area (Å²) in [5, 5.41) is 3.18. The number of nitrogens with zero attached hydrogens (tertiary/aromatic N) is 3. The molecule has 0 unspecified atom stereocenters. The largest absolute Gasteiger partial charge is 0.356 e. The van der Waals surface area contributed by atoms with E-state index >= 15 is 0 Å². The van der Waals surface area contributed by atoms with Crippen LogP contribution >= 0.6 is 0 Å². The molecule has 0 aromatic carbocycles. The molecule has 0 bridgehead atoms. The molecule has 2 aliphatic heterocycles. The number of piperidine rings is 2. The molecule has 21 heavy (non-hydrogen) atoms. The molecule has 0 saturated carbocycles. The van der Waals surface area contributed by atoms with Gasteiger partial charge in [-0.15, -0.1) is 0 Å². The minimum absolute atomic E-state index is 0.807. The summed E-state index contributed by atoms with van der Waals surface area (Å²) in [5.74, 6) is 1.15. The van der Waals surface area contributed by atoms with Crippen LogP contribution < -0.4 is 10.2 Å². The van der Waals surface area contributed by atoms with Crippen LogP contribution in [0.15, 0.2) is 18.2 Å². The Bertz CT molecular complexity index is 434. The fraction of sp³-hybridized carbons (Fsp3) is 0.706. The number of hydrogen-bond donors (Lipinski definition) is 1. The summed E-state index contributed by atoms with van der Waals surface area (Å²) in [4.78, 5) is 9.96. The second kappa shape index (κ2) is 7.23. The van der Waals surface area contributed by atoms with Gasteiger partial charge in [0.1, 0.15) is 5.82 Å². The summed E-state index contributed by atoms with van der Waals surface area (Å²) < 4.78 is 0. The van der Waals surface area contributed by atoms with Crippen LogP contribution in [-0.4, -0.2) is 49.2 Å². The van der Waals surface area contributed by atoms with Crippen molar-refractivity contribution in [1.29, 1.82) is 0 Å². The van der Waals surface area contributed by atoms with Gasteiger partial charge in [-0.25, -0.2) is 4.98 Å². The molecule has 0 amide bonds. The normalized spacial score (nSPS) is 21.7. The summed E-state index contributed by atoms with van der Waals surface area (Å²) in [5.41, 5.74) is 1.13. The van der Waals surface area contributed by atoms with E-state index in [9.17, 15) is 0 Å². The van der Waals surface area contributed by atoms with Crippen LogP contribution in [0.3, 0.4) is 0 Å². The third kappa shape index (κ3) is 3.74. The molecule has 0 spiro atoms. The molecule has 2 fully saturated rings. The van der Waals surface area contributed by atoms with Gasteiger partial charge in [0.05, 0.1) is 5.69 Å². The van der Waals surface area contributed by atoms with E-state index in [1.807, 2.05) is 7.05 Å². The molecule has 116 valence electrons. The summed E-state index contributed by atoms with van der Waals surface area (Å²) in [6, 6.07) is 7.19. The molecule has 4 nitrogen and oxygen atoms in total. The van der Waals surface area contributed by atoms with Gasteiger partial charge in [0.25, 0.3) is 0 Å². The smallest absolute Gasteiger partial charge is 0.128 e. The van der Waals surface area contributed by atoms with E-state index in [1.165, 1.54) is 45.2 Å². The molecular formula is C17H28N4. The van der Waals surface area contributed by atoms with Crippen molar-refractivity contribution in [2.45, 2.75) is 44.7 Å². The van der Waals surface area contributed by atoms with Gasteiger partial charge in [0.2, 0.25) is 0 Å². The average Bonchev–Trinajstić information content (AvgIpc) is 2.56. The summed E-state index contributed by atoms with van der Waals surface area (Å²) in [6.45, 7) is 5.79. The van der Waals surface area contributed by atoms with Gasteiger partial charge in [-0.1, -0.05) is 12.5 Å². The van der Waals surface area contributed by atoms with E-state index < -0.39 is 0 Å². The van der Waals surface area contributed by atoms with Crippen LogP contribution in [0, 0.1) is 0 Å². The van der Waals surface area contributed by atoms with Gasteiger partial charge in [-0.05, 0) is 58.0 Å². The summed E-state index contributed by atoms with van der Waals surface area (Å²) >= 11 is 0. The van der Waals surface area contributed by atoms with Gasteiger partial charge in [-0.2, -0.15) is 0 Å². The first-order valence-electron chi connectivity index (χ1n) is 8.46. The Morgan fingerprint density at radius 1 is 1.10 bits per heavy atom. The van der Waals surface area contributed by atoms with Crippen molar-refractivity contribution < 1.29 is 0 Å². The number of likely N-dealkylation sites (tertiary alicyclic amines) is 1. The molecule has 4 heteroatoms. The topological polar surface area (TPSA) is 31.4 Å². The Morgan fingerprint density at radius 3 is 2.57 bits per heavy atom. The Kier molecular flexibility index (Phi) is 5.09. The fourth-order valence-corrected chi connectivity index (χ4v) is 3.67. The molecule has 2 saturated heterocycles. The predicted octanol–water partition coefficient (Wildman–Crippen LogP) is 2.26. The second-order valence-electron chi connectivity index (χ2n) is 6.33. The van der Waals surface area contributed by atoms with E-state index in [2.05, 4.69) is 33.3 Å². The number of pyridine rings is 1. The first kappa shape index (κ1) is 14.8. The lowest BCUT2D eigenvalue weighted by atomic mass is 10.00. The summed E-state index contributed by atoms with van der Waals surface area (Å²) in [6.07, 6.45) is 6.80. The third-order valence-electron chi connectivity index (χ3n) is 4.85. The van der Waals surface area contributed by atoms with Gasteiger partial charge in [-0.3, -0.25) is 0 Å². The number of hydrogen-bond acceptors (Lipinski definition) is 4. The van der Waals surface area contributed by atoms with Crippen LogP contribution in [-0.2, 0) is 6.54 Å². The monoisotopic (exact) mass is 288 g/mol. The van der Waals surface area contributed by atoms with Gasteiger partial charge in [0, 0.05) is 25.7 Å². The minimum Gasteiger partial charge on any atom is -0.356 e. The second-order valence-corrected chi connectivity index (χ2v) is 6.33. The minimum atomic E-state index is 0.807. The van der Waals surface area contributed by atoms with Crippen molar-refractivity contribution in [3.8, 4) is 0 Å². The fourth-order valence-electron chi connectivity index (χ4n) is 3.67. The highest BCUT2D eigenvalue weighted by Gasteiger charge is 2.25. The maximum Gasteiger partial charge on any atom is 0.128 e. The highest BCUT2D eigenvalue weighted by atomic mass is 15.2. The van der Waals surface area contributed by atoms with Crippen molar-refractivity contribution >= 4 is 5.82 Å².